The van der Waals surface area contributed by atoms with Crippen LogP contribution in [0.1, 0.15) is 24.2 Å². The van der Waals surface area contributed by atoms with Gasteiger partial charge in [0.15, 0.2) is 5.82 Å². The van der Waals surface area contributed by atoms with E-state index < -0.39 is 0 Å². The Balaban J connectivity index is 1.60. The van der Waals surface area contributed by atoms with Crippen molar-refractivity contribution in [2.45, 2.75) is 18.9 Å². The first-order valence-electron chi connectivity index (χ1n) is 6.14. The summed E-state index contributed by atoms with van der Waals surface area (Å²) in [6, 6.07) is 0. The van der Waals surface area contributed by atoms with Crippen LogP contribution in [-0.2, 0) is 15.9 Å². The number of rotatable bonds is 3. The van der Waals surface area contributed by atoms with Crippen molar-refractivity contribution in [3.63, 3.8) is 0 Å². The molecule has 0 aliphatic carbocycles. The fourth-order valence-corrected chi connectivity index (χ4v) is 2.21. The summed E-state index contributed by atoms with van der Waals surface area (Å²) >= 11 is 0. The third-order valence-electron chi connectivity index (χ3n) is 3.18. The van der Waals surface area contributed by atoms with Crippen LogP contribution in [0.2, 0.25) is 0 Å². The van der Waals surface area contributed by atoms with E-state index in [0.717, 1.165) is 45.0 Å². The fourth-order valence-electron chi connectivity index (χ4n) is 2.21. The molecule has 0 spiro atoms. The van der Waals surface area contributed by atoms with Crippen molar-refractivity contribution in [1.82, 2.24) is 15.5 Å². The Kier molecular flexibility index (Phi) is 3.35. The summed E-state index contributed by atoms with van der Waals surface area (Å²) in [5.41, 5.74) is 0. The molecule has 17 heavy (non-hydrogen) atoms. The van der Waals surface area contributed by atoms with E-state index in [1.807, 2.05) is 0 Å². The standard InChI is InChI=1S/C11H17N3O3/c1-3-15-7-8(1)5-10-13-11(17-14-10)9-6-12-2-4-16-9/h8-9,12H,1-7H2. The zero-order valence-corrected chi connectivity index (χ0v) is 9.72. The number of hydrogen-bond acceptors (Lipinski definition) is 6. The molecule has 6 nitrogen and oxygen atoms in total. The molecule has 0 saturated carbocycles. The SMILES string of the molecule is C1COC(c2nc(CC3CCOC3)no2)CN1. The maximum Gasteiger partial charge on any atom is 0.257 e. The topological polar surface area (TPSA) is 69.4 Å². The van der Waals surface area contributed by atoms with Crippen molar-refractivity contribution in [1.29, 1.82) is 0 Å². The van der Waals surface area contributed by atoms with Crippen molar-refractivity contribution >= 4 is 0 Å². The van der Waals surface area contributed by atoms with E-state index in [2.05, 4.69) is 15.5 Å². The Morgan fingerprint density at radius 3 is 3.12 bits per heavy atom. The first kappa shape index (κ1) is 11.1. The molecule has 2 saturated heterocycles. The molecule has 0 bridgehead atoms. The van der Waals surface area contributed by atoms with Gasteiger partial charge in [-0.15, -0.1) is 0 Å². The van der Waals surface area contributed by atoms with Gasteiger partial charge >= 0.3 is 0 Å². The van der Waals surface area contributed by atoms with Crippen LogP contribution < -0.4 is 5.32 Å². The molecule has 1 aromatic rings. The number of morpholine rings is 1. The molecule has 2 unspecified atom stereocenters. The van der Waals surface area contributed by atoms with E-state index in [9.17, 15) is 0 Å². The molecular weight excluding hydrogens is 222 g/mol. The lowest BCUT2D eigenvalue weighted by molar-refractivity contribution is 0.00755. The Hall–Kier alpha value is -0.980. The number of aromatic nitrogens is 2. The lowest BCUT2D eigenvalue weighted by Crippen LogP contribution is -2.33. The predicted molar refractivity (Wildman–Crippen MR) is 58.5 cm³/mol. The van der Waals surface area contributed by atoms with Crippen LogP contribution in [-0.4, -0.2) is 43.1 Å². The molecule has 2 aliphatic rings. The van der Waals surface area contributed by atoms with Crippen molar-refractivity contribution in [3.05, 3.63) is 11.7 Å². The molecule has 1 N–H and O–H groups in total. The maximum atomic E-state index is 5.56. The smallest absolute Gasteiger partial charge is 0.257 e. The van der Waals surface area contributed by atoms with Crippen LogP contribution in [0.4, 0.5) is 0 Å². The van der Waals surface area contributed by atoms with E-state index in [-0.39, 0.29) is 6.10 Å². The first-order chi connectivity index (χ1) is 8.42. The van der Waals surface area contributed by atoms with Gasteiger partial charge in [-0.25, -0.2) is 0 Å². The highest BCUT2D eigenvalue weighted by Crippen LogP contribution is 2.20. The van der Waals surface area contributed by atoms with E-state index in [4.69, 9.17) is 14.0 Å². The number of nitrogens with zero attached hydrogens (tertiary/aromatic N) is 2. The fraction of sp³-hybridized carbons (Fsp3) is 0.818. The minimum Gasteiger partial charge on any atom is -0.381 e. The second-order valence-electron chi connectivity index (χ2n) is 4.55. The monoisotopic (exact) mass is 239 g/mol. The molecule has 1 aromatic heterocycles. The van der Waals surface area contributed by atoms with Gasteiger partial charge in [-0.2, -0.15) is 4.98 Å². The van der Waals surface area contributed by atoms with Gasteiger partial charge in [0.05, 0.1) is 6.61 Å². The lowest BCUT2D eigenvalue weighted by Gasteiger charge is -2.19. The van der Waals surface area contributed by atoms with Gasteiger partial charge in [-0.05, 0) is 12.3 Å². The minimum atomic E-state index is -0.0928. The molecular formula is C11H17N3O3. The summed E-state index contributed by atoms with van der Waals surface area (Å²) in [5, 5.41) is 7.25. The average molecular weight is 239 g/mol. The number of ether oxygens (including phenoxy) is 2. The molecule has 6 heteroatoms. The summed E-state index contributed by atoms with van der Waals surface area (Å²) in [7, 11) is 0. The highest BCUT2D eigenvalue weighted by Gasteiger charge is 2.24. The summed E-state index contributed by atoms with van der Waals surface area (Å²) < 4.78 is 16.1. The second kappa shape index (κ2) is 5.12. The van der Waals surface area contributed by atoms with Crippen LogP contribution in [0, 0.1) is 5.92 Å². The molecule has 94 valence electrons. The summed E-state index contributed by atoms with van der Waals surface area (Å²) in [4.78, 5) is 4.40. The van der Waals surface area contributed by atoms with Gasteiger partial charge in [0, 0.05) is 32.7 Å². The lowest BCUT2D eigenvalue weighted by atomic mass is 10.1. The van der Waals surface area contributed by atoms with Gasteiger partial charge in [0.25, 0.3) is 5.89 Å². The third kappa shape index (κ3) is 2.65. The average Bonchev–Trinajstić information content (AvgIpc) is 3.02. The quantitative estimate of drug-likeness (QED) is 0.818. The van der Waals surface area contributed by atoms with Gasteiger partial charge < -0.3 is 19.3 Å². The van der Waals surface area contributed by atoms with Crippen LogP contribution >= 0.6 is 0 Å². The van der Waals surface area contributed by atoms with Crippen LogP contribution in [0.15, 0.2) is 4.52 Å². The summed E-state index contributed by atoms with van der Waals surface area (Å²) in [5.74, 6) is 1.89. The largest absolute Gasteiger partial charge is 0.381 e. The molecule has 0 amide bonds. The Morgan fingerprint density at radius 2 is 2.35 bits per heavy atom. The van der Waals surface area contributed by atoms with Crippen LogP contribution in [0.5, 0.6) is 0 Å². The zero-order valence-electron chi connectivity index (χ0n) is 9.72. The van der Waals surface area contributed by atoms with Gasteiger partial charge in [0.1, 0.15) is 6.10 Å². The van der Waals surface area contributed by atoms with Crippen LogP contribution in [0.25, 0.3) is 0 Å². The van der Waals surface area contributed by atoms with Gasteiger partial charge in [-0.3, -0.25) is 0 Å². The predicted octanol–water partition coefficient (Wildman–Crippen LogP) is 0.309. The summed E-state index contributed by atoms with van der Waals surface area (Å²) in [6.07, 6.45) is 1.83. The highest BCUT2D eigenvalue weighted by molar-refractivity contribution is 4.94. The maximum absolute atomic E-state index is 5.56. The molecule has 2 fully saturated rings. The molecule has 3 heterocycles. The Bertz CT molecular complexity index is 357. The normalized spacial score (nSPS) is 29.6. The number of nitrogens with one attached hydrogen (secondary N) is 1. The molecule has 2 aliphatic heterocycles. The van der Waals surface area contributed by atoms with Gasteiger partial charge in [-0.1, -0.05) is 5.16 Å². The highest BCUT2D eigenvalue weighted by atomic mass is 16.5. The zero-order chi connectivity index (χ0) is 11.5. The minimum absolute atomic E-state index is 0.0928. The third-order valence-corrected chi connectivity index (χ3v) is 3.18. The van der Waals surface area contributed by atoms with E-state index >= 15 is 0 Å². The molecule has 2 atom stereocenters. The van der Waals surface area contributed by atoms with Crippen molar-refractivity contribution in [3.8, 4) is 0 Å². The molecule has 3 rings (SSSR count). The number of hydrogen-bond donors (Lipinski definition) is 1. The van der Waals surface area contributed by atoms with Crippen molar-refractivity contribution in [2.24, 2.45) is 5.92 Å². The Morgan fingerprint density at radius 1 is 1.35 bits per heavy atom. The van der Waals surface area contributed by atoms with E-state index in [1.54, 1.807) is 0 Å². The van der Waals surface area contributed by atoms with Crippen molar-refractivity contribution < 1.29 is 14.0 Å². The Labute approximate surface area is 99.7 Å². The molecule has 0 radical (unpaired) electrons. The molecule has 0 aromatic carbocycles. The van der Waals surface area contributed by atoms with E-state index in [0.29, 0.717) is 18.4 Å². The van der Waals surface area contributed by atoms with Gasteiger partial charge in [0.2, 0.25) is 0 Å². The second-order valence-corrected chi connectivity index (χ2v) is 4.55. The first-order valence-corrected chi connectivity index (χ1v) is 6.14. The van der Waals surface area contributed by atoms with Crippen LogP contribution in [0.3, 0.4) is 0 Å². The van der Waals surface area contributed by atoms with Crippen molar-refractivity contribution in [2.75, 3.05) is 32.9 Å². The summed E-state index contributed by atoms with van der Waals surface area (Å²) in [6.45, 7) is 3.99. The van der Waals surface area contributed by atoms with E-state index in [1.165, 1.54) is 0 Å².